The third-order valence-corrected chi connectivity index (χ3v) is 4.01. The summed E-state index contributed by atoms with van der Waals surface area (Å²) in [5.41, 5.74) is 1.34. The number of nitrogens with zero attached hydrogens (tertiary/aromatic N) is 3. The van der Waals surface area contributed by atoms with Gasteiger partial charge in [-0.2, -0.15) is 5.10 Å². The Bertz CT molecular complexity index is 999. The quantitative estimate of drug-likeness (QED) is 0.273. The monoisotopic (exact) mass is 367 g/mol. The fourth-order valence-corrected chi connectivity index (χ4v) is 2.37. The summed E-state index contributed by atoms with van der Waals surface area (Å²) in [6.07, 6.45) is 4.56. The van der Waals surface area contributed by atoms with E-state index in [4.69, 9.17) is 9.15 Å². The second kappa shape index (κ2) is 7.69. The maximum atomic E-state index is 12.2. The van der Waals surface area contributed by atoms with Crippen LogP contribution in [-0.2, 0) is 13.7 Å². The summed E-state index contributed by atoms with van der Waals surface area (Å²) < 4.78 is 12.8. The number of carbonyl (C=O) groups is 1. The second-order valence-corrected chi connectivity index (χ2v) is 5.81. The molecule has 0 saturated carbocycles. The zero-order valence-corrected chi connectivity index (χ0v) is 14.8. The Balaban J connectivity index is 1.58. The van der Waals surface area contributed by atoms with Gasteiger partial charge in [0.15, 0.2) is 5.78 Å². The van der Waals surface area contributed by atoms with E-state index in [0.29, 0.717) is 22.8 Å². The van der Waals surface area contributed by atoms with Crippen molar-refractivity contribution in [2.45, 2.75) is 13.5 Å². The largest absolute Gasteiger partial charge is 0.486 e. The molecule has 2 heterocycles. The van der Waals surface area contributed by atoms with Gasteiger partial charge in [-0.3, -0.25) is 19.6 Å². The van der Waals surface area contributed by atoms with Gasteiger partial charge in [0.05, 0.1) is 16.7 Å². The number of ketones is 1. The van der Waals surface area contributed by atoms with Crippen LogP contribution in [-0.4, -0.2) is 20.5 Å². The molecular formula is C19H17N3O5. The van der Waals surface area contributed by atoms with Crippen LogP contribution >= 0.6 is 0 Å². The summed E-state index contributed by atoms with van der Waals surface area (Å²) in [7, 11) is 1.78. The van der Waals surface area contributed by atoms with Crippen LogP contribution in [0.1, 0.15) is 27.6 Å². The second-order valence-electron chi connectivity index (χ2n) is 5.81. The van der Waals surface area contributed by atoms with E-state index in [1.807, 2.05) is 6.92 Å². The molecule has 2 aromatic heterocycles. The molecule has 0 unspecified atom stereocenters. The summed E-state index contributed by atoms with van der Waals surface area (Å²) >= 11 is 0. The molecule has 1 aromatic carbocycles. The normalized spacial score (nSPS) is 11.0. The molecule has 8 nitrogen and oxygen atoms in total. The highest BCUT2D eigenvalue weighted by Gasteiger charge is 2.10. The van der Waals surface area contributed by atoms with Gasteiger partial charge in [-0.25, -0.2) is 0 Å². The number of hydrogen-bond acceptors (Lipinski definition) is 6. The topological polar surface area (TPSA) is 100 Å². The maximum absolute atomic E-state index is 12.2. The van der Waals surface area contributed by atoms with E-state index in [2.05, 4.69) is 5.10 Å². The number of aromatic nitrogens is 2. The van der Waals surface area contributed by atoms with Gasteiger partial charge in [-0.1, -0.05) is 0 Å². The molecule has 0 spiro atoms. The minimum absolute atomic E-state index is 0.00120. The Morgan fingerprint density at radius 3 is 2.67 bits per heavy atom. The summed E-state index contributed by atoms with van der Waals surface area (Å²) in [6, 6.07) is 9.27. The summed E-state index contributed by atoms with van der Waals surface area (Å²) in [6.45, 7) is 2.00. The number of furan rings is 1. The third kappa shape index (κ3) is 4.30. The Hall–Kier alpha value is -3.68. The van der Waals surface area contributed by atoms with Crippen LogP contribution in [0.3, 0.4) is 0 Å². The van der Waals surface area contributed by atoms with Crippen molar-refractivity contribution < 1.29 is 18.9 Å². The number of non-ortho nitro benzene ring substituents is 1. The highest BCUT2D eigenvalue weighted by atomic mass is 16.6. The number of aryl methyl sites for hydroxylation is 1. The van der Waals surface area contributed by atoms with Gasteiger partial charge in [0, 0.05) is 24.9 Å². The van der Waals surface area contributed by atoms with Gasteiger partial charge in [-0.15, -0.1) is 0 Å². The number of ether oxygens (including phenoxy) is 1. The van der Waals surface area contributed by atoms with Crippen molar-refractivity contribution in [3.8, 4) is 5.75 Å². The van der Waals surface area contributed by atoms with E-state index in [0.717, 1.165) is 5.69 Å². The van der Waals surface area contributed by atoms with Crippen LogP contribution in [0.15, 0.2) is 53.1 Å². The molecule has 0 aliphatic rings. The molecule has 138 valence electrons. The minimum Gasteiger partial charge on any atom is -0.486 e. The number of hydrogen-bond donors (Lipinski definition) is 0. The average molecular weight is 367 g/mol. The molecule has 0 atom stereocenters. The first-order chi connectivity index (χ1) is 12.9. The Morgan fingerprint density at radius 2 is 2.04 bits per heavy atom. The van der Waals surface area contributed by atoms with Crippen LogP contribution < -0.4 is 4.74 Å². The molecule has 0 radical (unpaired) electrons. The number of nitro benzene ring substituents is 1. The van der Waals surface area contributed by atoms with Crippen LogP contribution in [0.4, 0.5) is 5.69 Å². The fourth-order valence-electron chi connectivity index (χ4n) is 2.37. The number of allylic oxidation sites excluding steroid dienone is 1. The summed E-state index contributed by atoms with van der Waals surface area (Å²) in [5, 5.41) is 14.7. The van der Waals surface area contributed by atoms with Gasteiger partial charge in [0.2, 0.25) is 0 Å². The van der Waals surface area contributed by atoms with Gasteiger partial charge >= 0.3 is 0 Å². The molecular weight excluding hydrogens is 350 g/mol. The van der Waals surface area contributed by atoms with Crippen molar-refractivity contribution in [3.63, 3.8) is 0 Å². The van der Waals surface area contributed by atoms with E-state index in [1.165, 1.54) is 36.5 Å². The minimum atomic E-state index is -0.469. The van der Waals surface area contributed by atoms with Gasteiger partial charge in [0.25, 0.3) is 5.69 Å². The number of carbonyl (C=O) groups excluding carboxylic acids is 1. The van der Waals surface area contributed by atoms with Gasteiger partial charge < -0.3 is 9.15 Å². The predicted molar refractivity (Wildman–Crippen MR) is 97.4 cm³/mol. The predicted octanol–water partition coefficient (Wildman–Crippen LogP) is 3.70. The molecule has 8 heteroatoms. The molecule has 0 fully saturated rings. The van der Waals surface area contributed by atoms with Crippen LogP contribution in [0.2, 0.25) is 0 Å². The van der Waals surface area contributed by atoms with Crippen molar-refractivity contribution in [1.82, 2.24) is 9.78 Å². The molecule has 0 aliphatic carbocycles. The lowest BCUT2D eigenvalue weighted by Gasteiger charge is -2.03. The SMILES string of the molecule is Cc1c(C(=O)/C=C/c2ccc(COc3ccc([N+](=O)[O-])cc3)o2)cnn1C. The third-order valence-electron chi connectivity index (χ3n) is 4.01. The van der Waals surface area contributed by atoms with Crippen molar-refractivity contribution in [3.05, 3.63) is 81.6 Å². The Kier molecular flexibility index (Phi) is 5.16. The van der Waals surface area contributed by atoms with E-state index in [9.17, 15) is 14.9 Å². The van der Waals surface area contributed by atoms with Gasteiger partial charge in [0.1, 0.15) is 23.9 Å². The zero-order valence-electron chi connectivity index (χ0n) is 14.8. The maximum Gasteiger partial charge on any atom is 0.269 e. The lowest BCUT2D eigenvalue weighted by molar-refractivity contribution is -0.384. The van der Waals surface area contributed by atoms with Crippen molar-refractivity contribution in [2.75, 3.05) is 0 Å². The van der Waals surface area contributed by atoms with E-state index >= 15 is 0 Å². The van der Waals surface area contributed by atoms with Crippen molar-refractivity contribution in [1.29, 1.82) is 0 Å². The summed E-state index contributed by atoms with van der Waals surface area (Å²) in [5.74, 6) is 1.43. The average Bonchev–Trinajstić information content (AvgIpc) is 3.25. The van der Waals surface area contributed by atoms with Crippen LogP contribution in [0, 0.1) is 17.0 Å². The fraction of sp³-hybridized carbons (Fsp3) is 0.158. The molecule has 0 aliphatic heterocycles. The van der Waals surface area contributed by atoms with E-state index in [-0.39, 0.29) is 18.1 Å². The van der Waals surface area contributed by atoms with Crippen molar-refractivity contribution >= 4 is 17.5 Å². The lowest BCUT2D eigenvalue weighted by Crippen LogP contribution is -1.98. The summed E-state index contributed by atoms with van der Waals surface area (Å²) in [4.78, 5) is 22.4. The first-order valence-electron chi connectivity index (χ1n) is 8.11. The molecule has 0 amide bonds. The standard InChI is InChI=1S/C19H17N3O5/c1-13-18(11-20-21(13)2)19(23)10-9-16-7-8-17(27-16)12-26-15-5-3-14(4-6-15)22(24)25/h3-11H,12H2,1-2H3/b10-9+. The molecule has 0 saturated heterocycles. The molecule has 27 heavy (non-hydrogen) atoms. The van der Waals surface area contributed by atoms with Crippen molar-refractivity contribution in [2.24, 2.45) is 7.05 Å². The molecule has 0 N–H and O–H groups in total. The molecule has 0 bridgehead atoms. The number of rotatable bonds is 7. The molecule has 3 aromatic rings. The first-order valence-corrected chi connectivity index (χ1v) is 8.11. The smallest absolute Gasteiger partial charge is 0.269 e. The zero-order chi connectivity index (χ0) is 19.4. The highest BCUT2D eigenvalue weighted by Crippen LogP contribution is 2.19. The van der Waals surface area contributed by atoms with Crippen LogP contribution in [0.25, 0.3) is 6.08 Å². The van der Waals surface area contributed by atoms with E-state index in [1.54, 1.807) is 29.9 Å². The Labute approximate surface area is 154 Å². The van der Waals surface area contributed by atoms with E-state index < -0.39 is 4.92 Å². The number of nitro groups is 1. The van der Waals surface area contributed by atoms with Crippen LogP contribution in [0.5, 0.6) is 5.75 Å². The highest BCUT2D eigenvalue weighted by molar-refractivity contribution is 6.07. The number of benzene rings is 1. The lowest BCUT2D eigenvalue weighted by atomic mass is 10.1. The Morgan fingerprint density at radius 1 is 1.30 bits per heavy atom. The first kappa shape index (κ1) is 18.1. The molecule has 3 rings (SSSR count). The van der Waals surface area contributed by atoms with Gasteiger partial charge in [-0.05, 0) is 43.3 Å².